The van der Waals surface area contributed by atoms with Gasteiger partial charge in [0.25, 0.3) is 0 Å². The Kier molecular flexibility index (Phi) is 9.91. The molecule has 0 amide bonds. The lowest BCUT2D eigenvalue weighted by atomic mass is 10.1. The second-order valence-electron chi connectivity index (χ2n) is 7.06. The summed E-state index contributed by atoms with van der Waals surface area (Å²) in [7, 11) is 0. The molecular formula is C24H22F3N7O2S. The van der Waals surface area contributed by atoms with Crippen LogP contribution >= 0.6 is 12.2 Å². The highest BCUT2D eigenvalue weighted by Gasteiger charge is 2.30. The summed E-state index contributed by atoms with van der Waals surface area (Å²) in [4.78, 5) is 12.1. The number of aromatic nitrogens is 1. The molecule has 0 aliphatic rings. The Labute approximate surface area is 215 Å². The van der Waals surface area contributed by atoms with Crippen LogP contribution in [0.2, 0.25) is 0 Å². The first-order valence-electron chi connectivity index (χ1n) is 10.7. The van der Waals surface area contributed by atoms with Crippen LogP contribution in [0.25, 0.3) is 0 Å². The van der Waals surface area contributed by atoms with Gasteiger partial charge in [-0.15, -0.1) is 13.2 Å². The largest absolute Gasteiger partial charge is 0.573 e. The van der Waals surface area contributed by atoms with E-state index in [1.54, 1.807) is 42.7 Å². The van der Waals surface area contributed by atoms with Gasteiger partial charge in [0.2, 0.25) is 5.88 Å². The number of hydrazone groups is 1. The average molecular weight is 530 g/mol. The van der Waals surface area contributed by atoms with E-state index in [1.165, 1.54) is 18.5 Å². The molecule has 3 aromatic rings. The van der Waals surface area contributed by atoms with Gasteiger partial charge in [-0.05, 0) is 48.1 Å². The van der Waals surface area contributed by atoms with Crippen LogP contribution in [0, 0.1) is 0 Å². The van der Waals surface area contributed by atoms with Gasteiger partial charge in [0, 0.05) is 17.8 Å². The van der Waals surface area contributed by atoms with Gasteiger partial charge in [-0.1, -0.05) is 30.3 Å². The molecule has 1 aromatic heterocycles. The highest BCUT2D eigenvalue weighted by Crippen LogP contribution is 2.24. The molecule has 0 saturated carbocycles. The summed E-state index contributed by atoms with van der Waals surface area (Å²) in [6.45, 7) is 0.868. The van der Waals surface area contributed by atoms with Crippen LogP contribution in [0.15, 0.2) is 88.0 Å². The van der Waals surface area contributed by atoms with Gasteiger partial charge in [-0.3, -0.25) is 5.43 Å². The van der Waals surface area contributed by atoms with Gasteiger partial charge in [0.05, 0.1) is 18.4 Å². The molecule has 0 aliphatic heterocycles. The molecular weight excluding hydrogens is 507 g/mol. The number of alkyl halides is 3. The van der Waals surface area contributed by atoms with Crippen molar-refractivity contribution < 1.29 is 22.6 Å². The van der Waals surface area contributed by atoms with Gasteiger partial charge in [0.15, 0.2) is 5.11 Å². The number of halogens is 3. The number of nitrogens with zero attached hydrogens (tertiary/aromatic N) is 4. The maximum atomic E-state index is 12.2. The summed E-state index contributed by atoms with van der Waals surface area (Å²) in [6.07, 6.45) is -0.299. The number of nitrogens with one attached hydrogen (secondary N) is 2. The Hall–Kier alpha value is -4.52. The molecule has 3 rings (SSSR count). The van der Waals surface area contributed by atoms with Crippen molar-refractivity contribution in [3.05, 3.63) is 84.1 Å². The number of amidine groups is 1. The molecule has 0 saturated heterocycles. The zero-order valence-electron chi connectivity index (χ0n) is 19.2. The van der Waals surface area contributed by atoms with Crippen LogP contribution < -0.4 is 25.9 Å². The maximum Gasteiger partial charge on any atom is 0.573 e. The molecule has 13 heteroatoms. The number of pyridine rings is 1. The smallest absolute Gasteiger partial charge is 0.476 e. The van der Waals surface area contributed by atoms with E-state index in [0.29, 0.717) is 35.4 Å². The minimum Gasteiger partial charge on any atom is -0.476 e. The zero-order chi connectivity index (χ0) is 26.5. The van der Waals surface area contributed by atoms with Crippen molar-refractivity contribution in [1.82, 2.24) is 15.7 Å². The Morgan fingerprint density at radius 3 is 2.49 bits per heavy atom. The molecule has 4 N–H and O–H groups in total. The lowest BCUT2D eigenvalue weighted by Gasteiger charge is -2.08. The topological polar surface area (TPSA) is 119 Å². The minimum atomic E-state index is -4.75. The molecule has 0 spiro atoms. The maximum absolute atomic E-state index is 12.2. The van der Waals surface area contributed by atoms with E-state index < -0.39 is 6.36 Å². The normalized spacial score (nSPS) is 12.0. The van der Waals surface area contributed by atoms with Crippen LogP contribution in [-0.4, -0.2) is 48.0 Å². The molecule has 0 fully saturated rings. The third-order valence-electron chi connectivity index (χ3n) is 4.34. The van der Waals surface area contributed by atoms with Gasteiger partial charge in [-0.2, -0.15) is 5.10 Å². The molecule has 0 aliphatic carbocycles. The van der Waals surface area contributed by atoms with E-state index >= 15 is 0 Å². The van der Waals surface area contributed by atoms with Crippen LogP contribution in [0.4, 0.5) is 18.9 Å². The highest BCUT2D eigenvalue weighted by molar-refractivity contribution is 7.80. The molecule has 2 aromatic carbocycles. The number of nitrogens with two attached hydrogens (primary N) is 1. The second kappa shape index (κ2) is 13.5. The number of benzene rings is 2. The van der Waals surface area contributed by atoms with E-state index in [2.05, 4.69) is 35.5 Å². The molecule has 37 heavy (non-hydrogen) atoms. The Balaban J connectivity index is 1.41. The van der Waals surface area contributed by atoms with E-state index in [9.17, 15) is 13.2 Å². The second-order valence-corrected chi connectivity index (χ2v) is 7.47. The number of thiocarbonyl (C=S) groups is 1. The fraction of sp³-hybridized carbons (Fsp3) is 0.125. The van der Waals surface area contributed by atoms with Crippen molar-refractivity contribution in [3.63, 3.8) is 0 Å². The van der Waals surface area contributed by atoms with E-state index in [0.717, 1.165) is 17.7 Å². The molecule has 9 nitrogen and oxygen atoms in total. The quantitative estimate of drug-likeness (QED) is 0.120. The summed E-state index contributed by atoms with van der Waals surface area (Å²) >= 11 is 5.15. The molecule has 0 atom stereocenters. The van der Waals surface area contributed by atoms with E-state index in [1.807, 2.05) is 12.1 Å². The Morgan fingerprint density at radius 2 is 1.81 bits per heavy atom. The van der Waals surface area contributed by atoms with Crippen molar-refractivity contribution >= 4 is 41.4 Å². The summed E-state index contributed by atoms with van der Waals surface area (Å²) in [6, 6.07) is 17.5. The summed E-state index contributed by atoms with van der Waals surface area (Å²) in [5.41, 5.74) is 10.5. The van der Waals surface area contributed by atoms with Gasteiger partial charge >= 0.3 is 6.36 Å². The fourth-order valence-electron chi connectivity index (χ4n) is 2.66. The SMILES string of the molecule is NC(=NC=Nc1ccc(OC(F)(F)F)cc1)c1ccc(/C=N/NC(=S)NCCOc2ccccn2)cc1. The first kappa shape index (κ1) is 27.1. The lowest BCUT2D eigenvalue weighted by Crippen LogP contribution is -2.34. The Morgan fingerprint density at radius 1 is 1.05 bits per heavy atom. The summed E-state index contributed by atoms with van der Waals surface area (Å²) in [5, 5.41) is 7.38. The lowest BCUT2D eigenvalue weighted by molar-refractivity contribution is -0.274. The molecule has 0 bridgehead atoms. The average Bonchev–Trinajstić information content (AvgIpc) is 2.88. The van der Waals surface area contributed by atoms with Crippen molar-refractivity contribution in [1.29, 1.82) is 0 Å². The van der Waals surface area contributed by atoms with E-state index in [-0.39, 0.29) is 11.6 Å². The number of aliphatic imine (C=N–C) groups is 2. The van der Waals surface area contributed by atoms with Crippen LogP contribution in [-0.2, 0) is 0 Å². The van der Waals surface area contributed by atoms with Crippen molar-refractivity contribution in [2.75, 3.05) is 13.2 Å². The summed E-state index contributed by atoms with van der Waals surface area (Å²) in [5.74, 6) is 0.411. The fourth-order valence-corrected chi connectivity index (χ4v) is 2.82. The predicted molar refractivity (Wildman–Crippen MR) is 140 cm³/mol. The van der Waals surface area contributed by atoms with Gasteiger partial charge in [0.1, 0.15) is 24.5 Å². The standard InChI is InChI=1S/C24H22F3N7O2S/c25-24(26,27)36-20-10-8-19(9-11-20)31-16-32-22(28)18-6-4-17(5-7-18)15-33-34-23(37)30-13-14-35-21-3-1-2-12-29-21/h1-12,15-16H,13-14H2,(H2,28,31,32)(H2,30,34,37)/b33-15+. The van der Waals surface area contributed by atoms with Crippen molar-refractivity contribution in [2.24, 2.45) is 20.8 Å². The third kappa shape index (κ3) is 10.3. The zero-order valence-corrected chi connectivity index (χ0v) is 20.0. The molecule has 0 unspecified atom stereocenters. The third-order valence-corrected chi connectivity index (χ3v) is 4.57. The molecule has 0 radical (unpaired) electrons. The number of ether oxygens (including phenoxy) is 2. The van der Waals surface area contributed by atoms with Gasteiger partial charge < -0.3 is 20.5 Å². The molecule has 192 valence electrons. The highest BCUT2D eigenvalue weighted by atomic mass is 32.1. The number of rotatable bonds is 10. The summed E-state index contributed by atoms with van der Waals surface area (Å²) < 4.78 is 45.9. The monoisotopic (exact) mass is 529 g/mol. The van der Waals surface area contributed by atoms with Crippen LogP contribution in [0.3, 0.4) is 0 Å². The molecule has 1 heterocycles. The predicted octanol–water partition coefficient (Wildman–Crippen LogP) is 3.92. The number of hydrogen-bond acceptors (Lipinski definition) is 6. The van der Waals surface area contributed by atoms with Crippen LogP contribution in [0.1, 0.15) is 11.1 Å². The van der Waals surface area contributed by atoms with Gasteiger partial charge in [-0.25, -0.2) is 15.0 Å². The Bertz CT molecular complexity index is 1230. The van der Waals surface area contributed by atoms with E-state index in [4.69, 9.17) is 22.7 Å². The van der Waals surface area contributed by atoms with Crippen molar-refractivity contribution in [3.8, 4) is 11.6 Å². The van der Waals surface area contributed by atoms with Crippen molar-refractivity contribution in [2.45, 2.75) is 6.36 Å². The first-order chi connectivity index (χ1) is 17.8. The number of hydrogen-bond donors (Lipinski definition) is 3. The first-order valence-corrected chi connectivity index (χ1v) is 11.1. The minimum absolute atomic E-state index is 0.209. The van der Waals surface area contributed by atoms with Crippen LogP contribution in [0.5, 0.6) is 11.6 Å².